The molecule has 106 valence electrons. The highest BCUT2D eigenvalue weighted by Gasteiger charge is 2.46. The first-order valence-corrected chi connectivity index (χ1v) is 10.3. The van der Waals surface area contributed by atoms with E-state index in [1.165, 1.54) is 0 Å². The second kappa shape index (κ2) is 5.86. The quantitative estimate of drug-likeness (QED) is 0.685. The Bertz CT molecular complexity index is 550. The topological polar surface area (TPSA) is 34.1 Å². The number of rotatable bonds is 5. The van der Waals surface area contributed by atoms with Crippen molar-refractivity contribution in [3.05, 3.63) is 29.8 Å². The molecule has 0 spiro atoms. The van der Waals surface area contributed by atoms with Crippen molar-refractivity contribution in [2.75, 3.05) is 16.4 Å². The molecular weight excluding hydrogens is 392 g/mol. The molecule has 0 saturated carbocycles. The number of alkyl halides is 2. The predicted octanol–water partition coefficient (Wildman–Crippen LogP) is 4.13. The molecule has 1 aliphatic heterocycles. The van der Waals surface area contributed by atoms with Crippen LogP contribution in [0.5, 0.6) is 0 Å². The number of benzene rings is 1. The summed E-state index contributed by atoms with van der Waals surface area (Å²) in [4.78, 5) is 0.530. The van der Waals surface area contributed by atoms with Crippen LogP contribution < -0.4 is 0 Å². The monoisotopic (exact) mass is 408 g/mol. The van der Waals surface area contributed by atoms with Crippen molar-refractivity contribution < 1.29 is 8.42 Å². The zero-order valence-corrected chi connectivity index (χ0v) is 14.9. The van der Waals surface area contributed by atoms with E-state index in [0.29, 0.717) is 4.90 Å². The Balaban J connectivity index is 2.53. The third kappa shape index (κ3) is 2.66. The minimum Gasteiger partial charge on any atom is -0.224 e. The van der Waals surface area contributed by atoms with Crippen molar-refractivity contribution in [1.82, 2.24) is 0 Å². The lowest BCUT2D eigenvalue weighted by Gasteiger charge is -2.36. The van der Waals surface area contributed by atoms with Crippen LogP contribution in [-0.2, 0) is 9.84 Å². The van der Waals surface area contributed by atoms with Crippen molar-refractivity contribution in [3.8, 4) is 0 Å². The minimum atomic E-state index is -3.12. The molecule has 1 heterocycles. The smallest absolute Gasteiger partial charge is 0.179 e. The van der Waals surface area contributed by atoms with Crippen LogP contribution in [0.3, 0.4) is 0 Å². The van der Waals surface area contributed by atoms with E-state index < -0.39 is 9.84 Å². The molecule has 2 rings (SSSR count). The summed E-state index contributed by atoms with van der Waals surface area (Å²) in [5.41, 5.74) is 0.962. The van der Waals surface area contributed by atoms with Gasteiger partial charge in [0.2, 0.25) is 0 Å². The standard InChI is InChI=1S/C14H18Br2O2S/c1-2-7-14(9-15,10-16)12-8-19(17,18)13-6-4-3-5-11(12)13/h3-6,12H,2,7-10H2,1H3. The van der Waals surface area contributed by atoms with E-state index in [1.807, 2.05) is 18.2 Å². The van der Waals surface area contributed by atoms with Gasteiger partial charge in [-0.1, -0.05) is 63.4 Å². The molecule has 1 aliphatic rings. The molecule has 0 N–H and O–H groups in total. The van der Waals surface area contributed by atoms with Crippen LogP contribution in [0.15, 0.2) is 29.2 Å². The SMILES string of the molecule is CCCC(CBr)(CBr)C1CS(=O)(=O)c2ccccc21. The maximum atomic E-state index is 12.3. The number of hydrogen-bond donors (Lipinski definition) is 0. The first-order valence-electron chi connectivity index (χ1n) is 6.44. The van der Waals surface area contributed by atoms with Crippen LogP contribution in [0, 0.1) is 5.41 Å². The van der Waals surface area contributed by atoms with Crippen LogP contribution in [0.4, 0.5) is 0 Å². The second-order valence-electron chi connectivity index (χ2n) is 5.25. The molecule has 0 aromatic heterocycles. The highest BCUT2D eigenvalue weighted by molar-refractivity contribution is 9.09. The van der Waals surface area contributed by atoms with Crippen molar-refractivity contribution >= 4 is 41.7 Å². The summed E-state index contributed by atoms with van der Waals surface area (Å²) in [6.07, 6.45) is 2.06. The largest absolute Gasteiger partial charge is 0.224 e. The predicted molar refractivity (Wildman–Crippen MR) is 86.2 cm³/mol. The Labute approximate surface area is 132 Å². The van der Waals surface area contributed by atoms with E-state index in [1.54, 1.807) is 6.07 Å². The molecule has 0 aliphatic carbocycles. The summed E-state index contributed by atoms with van der Waals surface area (Å²) in [7, 11) is -3.12. The second-order valence-corrected chi connectivity index (χ2v) is 8.38. The molecular formula is C14H18Br2O2S. The molecule has 1 aromatic rings. The van der Waals surface area contributed by atoms with Crippen LogP contribution in [-0.4, -0.2) is 24.8 Å². The van der Waals surface area contributed by atoms with Gasteiger partial charge in [-0.3, -0.25) is 0 Å². The van der Waals surface area contributed by atoms with Gasteiger partial charge in [0.15, 0.2) is 9.84 Å². The Kier molecular flexibility index (Phi) is 4.79. The average Bonchev–Trinajstić information content (AvgIpc) is 2.69. The Hall–Kier alpha value is 0.130. The lowest BCUT2D eigenvalue weighted by atomic mass is 9.73. The summed E-state index contributed by atoms with van der Waals surface area (Å²) >= 11 is 7.22. The van der Waals surface area contributed by atoms with Crippen LogP contribution in [0.25, 0.3) is 0 Å². The fraction of sp³-hybridized carbons (Fsp3) is 0.571. The molecule has 1 unspecified atom stereocenters. The van der Waals surface area contributed by atoms with Crippen molar-refractivity contribution in [2.24, 2.45) is 5.41 Å². The first-order chi connectivity index (χ1) is 9.00. The molecule has 0 saturated heterocycles. The lowest BCUT2D eigenvalue weighted by molar-refractivity contribution is 0.297. The molecule has 2 nitrogen and oxygen atoms in total. The molecule has 1 aromatic carbocycles. The van der Waals surface area contributed by atoms with Crippen LogP contribution in [0.2, 0.25) is 0 Å². The summed E-state index contributed by atoms with van der Waals surface area (Å²) < 4.78 is 24.6. The molecule has 0 bridgehead atoms. The van der Waals surface area contributed by atoms with Crippen molar-refractivity contribution in [3.63, 3.8) is 0 Å². The van der Waals surface area contributed by atoms with E-state index in [4.69, 9.17) is 0 Å². The van der Waals surface area contributed by atoms with Crippen LogP contribution >= 0.6 is 31.9 Å². The normalized spacial score (nSPS) is 21.3. The van der Waals surface area contributed by atoms with Gasteiger partial charge in [0, 0.05) is 16.6 Å². The van der Waals surface area contributed by atoms with E-state index >= 15 is 0 Å². The zero-order valence-electron chi connectivity index (χ0n) is 10.9. The van der Waals surface area contributed by atoms with Gasteiger partial charge in [-0.05, 0) is 23.5 Å². The molecule has 19 heavy (non-hydrogen) atoms. The Morgan fingerprint density at radius 3 is 2.47 bits per heavy atom. The third-order valence-electron chi connectivity index (χ3n) is 4.03. The number of fused-ring (bicyclic) bond motifs is 1. The van der Waals surface area contributed by atoms with E-state index in [9.17, 15) is 8.42 Å². The lowest BCUT2D eigenvalue weighted by Crippen LogP contribution is -2.33. The Morgan fingerprint density at radius 2 is 1.89 bits per heavy atom. The van der Waals surface area contributed by atoms with Gasteiger partial charge < -0.3 is 0 Å². The number of halogens is 2. The van der Waals surface area contributed by atoms with E-state index in [-0.39, 0.29) is 17.1 Å². The molecule has 0 radical (unpaired) electrons. The van der Waals surface area contributed by atoms with Crippen molar-refractivity contribution in [1.29, 1.82) is 0 Å². The van der Waals surface area contributed by atoms with Crippen molar-refractivity contribution in [2.45, 2.75) is 30.6 Å². The average molecular weight is 410 g/mol. The Morgan fingerprint density at radius 1 is 1.26 bits per heavy atom. The fourth-order valence-corrected chi connectivity index (χ4v) is 7.26. The van der Waals surface area contributed by atoms with Gasteiger partial charge in [-0.2, -0.15) is 0 Å². The maximum Gasteiger partial charge on any atom is 0.179 e. The van der Waals surface area contributed by atoms with Gasteiger partial charge in [0.1, 0.15) is 0 Å². The summed E-state index contributed by atoms with van der Waals surface area (Å²) in [6, 6.07) is 7.46. The van der Waals surface area contributed by atoms with E-state index in [2.05, 4.69) is 38.8 Å². The minimum absolute atomic E-state index is 0.0333. The third-order valence-corrected chi connectivity index (χ3v) is 8.08. The summed E-state index contributed by atoms with van der Waals surface area (Å²) in [5, 5.41) is 1.63. The maximum absolute atomic E-state index is 12.3. The van der Waals surface area contributed by atoms with Gasteiger partial charge in [-0.15, -0.1) is 0 Å². The molecule has 0 amide bonds. The van der Waals surface area contributed by atoms with Gasteiger partial charge in [0.05, 0.1) is 10.6 Å². The van der Waals surface area contributed by atoms with Crippen LogP contribution in [0.1, 0.15) is 31.2 Å². The van der Waals surface area contributed by atoms with E-state index in [0.717, 1.165) is 29.1 Å². The highest BCUT2D eigenvalue weighted by atomic mass is 79.9. The number of hydrogen-bond acceptors (Lipinski definition) is 2. The summed E-state index contributed by atoms with van der Waals surface area (Å²) in [5.74, 6) is 0.316. The fourth-order valence-electron chi connectivity index (χ4n) is 2.98. The number of sulfone groups is 1. The summed E-state index contributed by atoms with van der Waals surface area (Å²) in [6.45, 7) is 2.15. The molecule has 1 atom stereocenters. The van der Waals surface area contributed by atoms with Gasteiger partial charge >= 0.3 is 0 Å². The first kappa shape index (κ1) is 15.5. The van der Waals surface area contributed by atoms with Gasteiger partial charge in [-0.25, -0.2) is 8.42 Å². The highest BCUT2D eigenvalue weighted by Crippen LogP contribution is 2.49. The molecule has 5 heteroatoms. The zero-order chi connectivity index (χ0) is 14.1. The van der Waals surface area contributed by atoms with Gasteiger partial charge in [0.25, 0.3) is 0 Å². The molecule has 0 fully saturated rings.